The fourth-order valence-electron chi connectivity index (χ4n) is 2.09. The van der Waals surface area contributed by atoms with Gasteiger partial charge in [-0.1, -0.05) is 23.7 Å². The largest absolute Gasteiger partial charge is 0.507 e. The van der Waals surface area contributed by atoms with Gasteiger partial charge in [0.05, 0.1) is 5.56 Å². The van der Waals surface area contributed by atoms with E-state index < -0.39 is 0 Å². The molecule has 0 unspecified atom stereocenters. The molecular formula is C16H17ClN2O2. The Hall–Kier alpha value is -2.20. The number of halogens is 1. The molecule has 0 radical (unpaired) electrons. The molecule has 0 bridgehead atoms. The number of nitrogens with zero attached hydrogens (tertiary/aromatic N) is 1. The van der Waals surface area contributed by atoms with Crippen LogP contribution < -0.4 is 5.73 Å². The zero-order valence-corrected chi connectivity index (χ0v) is 12.5. The van der Waals surface area contributed by atoms with E-state index in [0.29, 0.717) is 23.8 Å². The van der Waals surface area contributed by atoms with Crippen molar-refractivity contribution in [1.82, 2.24) is 4.90 Å². The minimum Gasteiger partial charge on any atom is -0.507 e. The predicted molar refractivity (Wildman–Crippen MR) is 84.4 cm³/mol. The smallest absolute Gasteiger partial charge is 0.257 e. The van der Waals surface area contributed by atoms with E-state index in [2.05, 4.69) is 0 Å². The third kappa shape index (κ3) is 3.67. The molecule has 2 rings (SSSR count). The van der Waals surface area contributed by atoms with Crippen LogP contribution in [0.4, 0.5) is 5.69 Å². The molecule has 5 heteroatoms. The Morgan fingerprint density at radius 1 is 1.29 bits per heavy atom. The maximum Gasteiger partial charge on any atom is 0.257 e. The van der Waals surface area contributed by atoms with E-state index in [1.165, 1.54) is 12.1 Å². The summed E-state index contributed by atoms with van der Waals surface area (Å²) in [6.07, 6.45) is 0. The number of benzene rings is 2. The van der Waals surface area contributed by atoms with E-state index in [4.69, 9.17) is 17.3 Å². The number of aromatic hydroxyl groups is 1. The van der Waals surface area contributed by atoms with Gasteiger partial charge in [-0.25, -0.2) is 0 Å². The first-order valence-corrected chi connectivity index (χ1v) is 7.01. The Morgan fingerprint density at radius 3 is 2.71 bits per heavy atom. The Balaban J connectivity index is 2.24. The molecule has 0 saturated heterocycles. The molecule has 3 N–H and O–H groups in total. The van der Waals surface area contributed by atoms with Crippen molar-refractivity contribution >= 4 is 23.2 Å². The molecule has 0 fully saturated rings. The van der Waals surface area contributed by atoms with E-state index in [9.17, 15) is 9.90 Å². The van der Waals surface area contributed by atoms with Gasteiger partial charge in [0.15, 0.2) is 0 Å². The Kier molecular flexibility index (Phi) is 4.70. The normalized spacial score (nSPS) is 10.4. The summed E-state index contributed by atoms with van der Waals surface area (Å²) in [5.74, 6) is -0.338. The van der Waals surface area contributed by atoms with Crippen molar-refractivity contribution in [3.05, 3.63) is 58.6 Å². The number of phenols is 1. The number of hydrogen-bond donors (Lipinski definition) is 2. The lowest BCUT2D eigenvalue weighted by Gasteiger charge is -2.21. The lowest BCUT2D eigenvalue weighted by atomic mass is 10.1. The van der Waals surface area contributed by atoms with Crippen LogP contribution in [0, 0.1) is 0 Å². The van der Waals surface area contributed by atoms with Crippen LogP contribution in [0.1, 0.15) is 22.8 Å². The molecule has 0 aliphatic heterocycles. The first kappa shape index (κ1) is 15.2. The quantitative estimate of drug-likeness (QED) is 0.852. The highest BCUT2D eigenvalue weighted by atomic mass is 35.5. The maximum atomic E-state index is 12.5. The number of anilines is 1. The summed E-state index contributed by atoms with van der Waals surface area (Å²) >= 11 is 5.89. The predicted octanol–water partition coefficient (Wildman–Crippen LogP) is 3.29. The van der Waals surface area contributed by atoms with Crippen molar-refractivity contribution in [3.63, 3.8) is 0 Å². The first-order valence-electron chi connectivity index (χ1n) is 6.63. The fourth-order valence-corrected chi connectivity index (χ4v) is 2.26. The van der Waals surface area contributed by atoms with Crippen molar-refractivity contribution < 1.29 is 9.90 Å². The maximum absolute atomic E-state index is 12.5. The van der Waals surface area contributed by atoms with Crippen molar-refractivity contribution in [2.45, 2.75) is 13.5 Å². The van der Waals surface area contributed by atoms with Gasteiger partial charge >= 0.3 is 0 Å². The standard InChI is InChI=1S/C16H17ClN2O2/c1-2-19(10-11-4-3-5-13(18)8-11)16(21)14-9-12(17)6-7-15(14)20/h3-9,20H,2,10,18H2,1H3. The van der Waals surface area contributed by atoms with E-state index in [0.717, 1.165) is 5.56 Å². The Labute approximate surface area is 128 Å². The van der Waals surface area contributed by atoms with Crippen molar-refractivity contribution in [2.24, 2.45) is 0 Å². The Morgan fingerprint density at radius 2 is 2.05 bits per heavy atom. The van der Waals surface area contributed by atoms with Crippen LogP contribution in [0.3, 0.4) is 0 Å². The van der Waals surface area contributed by atoms with Gasteiger partial charge in [-0.3, -0.25) is 4.79 Å². The monoisotopic (exact) mass is 304 g/mol. The van der Waals surface area contributed by atoms with Crippen LogP contribution in [0.15, 0.2) is 42.5 Å². The average molecular weight is 305 g/mol. The molecule has 21 heavy (non-hydrogen) atoms. The molecule has 2 aromatic carbocycles. The molecule has 0 aliphatic carbocycles. The van der Waals surface area contributed by atoms with Crippen molar-refractivity contribution in [3.8, 4) is 5.75 Å². The van der Waals surface area contributed by atoms with Gasteiger partial charge in [-0.05, 0) is 42.8 Å². The zero-order chi connectivity index (χ0) is 15.4. The average Bonchev–Trinajstić information content (AvgIpc) is 2.46. The van der Waals surface area contributed by atoms with Gasteiger partial charge < -0.3 is 15.7 Å². The van der Waals surface area contributed by atoms with Gasteiger partial charge in [-0.2, -0.15) is 0 Å². The van der Waals surface area contributed by atoms with Gasteiger partial charge in [0, 0.05) is 23.8 Å². The molecule has 0 heterocycles. The Bertz CT molecular complexity index is 658. The van der Waals surface area contributed by atoms with Gasteiger partial charge in [0.25, 0.3) is 5.91 Å². The van der Waals surface area contributed by atoms with Gasteiger partial charge in [0.1, 0.15) is 5.75 Å². The molecule has 1 amide bonds. The second kappa shape index (κ2) is 6.50. The fraction of sp³-hybridized carbons (Fsp3) is 0.188. The summed E-state index contributed by atoms with van der Waals surface area (Å²) in [7, 11) is 0. The highest BCUT2D eigenvalue weighted by Gasteiger charge is 2.18. The number of nitrogens with two attached hydrogens (primary N) is 1. The molecule has 0 atom stereocenters. The van der Waals surface area contributed by atoms with Crippen molar-refractivity contribution in [2.75, 3.05) is 12.3 Å². The van der Waals surface area contributed by atoms with Gasteiger partial charge in [-0.15, -0.1) is 0 Å². The lowest BCUT2D eigenvalue weighted by molar-refractivity contribution is 0.0749. The third-order valence-corrected chi connectivity index (χ3v) is 3.42. The molecule has 0 saturated carbocycles. The number of nitrogen functional groups attached to an aromatic ring is 1. The minimum absolute atomic E-state index is 0.0737. The molecule has 0 spiro atoms. The number of amides is 1. The highest BCUT2D eigenvalue weighted by Crippen LogP contribution is 2.23. The van der Waals surface area contributed by atoms with E-state index in [-0.39, 0.29) is 17.2 Å². The van der Waals surface area contributed by atoms with Crippen LogP contribution in [0.2, 0.25) is 5.02 Å². The van der Waals surface area contributed by atoms with Crippen LogP contribution in [0.5, 0.6) is 5.75 Å². The van der Waals surface area contributed by atoms with Crippen molar-refractivity contribution in [1.29, 1.82) is 0 Å². The zero-order valence-electron chi connectivity index (χ0n) is 11.7. The summed E-state index contributed by atoms with van der Waals surface area (Å²) in [5.41, 5.74) is 7.54. The lowest BCUT2D eigenvalue weighted by Crippen LogP contribution is -2.30. The number of rotatable bonds is 4. The van der Waals surface area contributed by atoms with Crippen LogP contribution in [0.25, 0.3) is 0 Å². The summed E-state index contributed by atoms with van der Waals surface area (Å²) < 4.78 is 0. The van der Waals surface area contributed by atoms with E-state index >= 15 is 0 Å². The second-order valence-corrected chi connectivity index (χ2v) is 5.16. The highest BCUT2D eigenvalue weighted by molar-refractivity contribution is 6.31. The van der Waals surface area contributed by atoms with E-state index in [1.54, 1.807) is 17.0 Å². The molecule has 4 nitrogen and oxygen atoms in total. The summed E-state index contributed by atoms with van der Waals surface area (Å²) in [6.45, 7) is 2.82. The SMILES string of the molecule is CCN(Cc1cccc(N)c1)C(=O)c1cc(Cl)ccc1O. The molecule has 110 valence electrons. The van der Waals surface area contributed by atoms with Crippen LogP contribution in [-0.4, -0.2) is 22.5 Å². The topological polar surface area (TPSA) is 66.6 Å². The second-order valence-electron chi connectivity index (χ2n) is 4.73. The van der Waals surface area contributed by atoms with Crippen LogP contribution in [-0.2, 0) is 6.54 Å². The number of carbonyl (C=O) groups excluding carboxylic acids is 1. The molecular weight excluding hydrogens is 288 g/mol. The molecule has 0 aromatic heterocycles. The summed E-state index contributed by atoms with van der Waals surface area (Å²) in [6, 6.07) is 11.8. The first-order chi connectivity index (χ1) is 10.0. The summed E-state index contributed by atoms with van der Waals surface area (Å²) in [4.78, 5) is 14.1. The molecule has 0 aliphatic rings. The van der Waals surface area contributed by atoms with E-state index in [1.807, 2.05) is 25.1 Å². The van der Waals surface area contributed by atoms with Gasteiger partial charge in [0.2, 0.25) is 0 Å². The summed E-state index contributed by atoms with van der Waals surface area (Å²) in [5, 5.41) is 10.2. The number of hydrogen-bond acceptors (Lipinski definition) is 3. The molecule has 2 aromatic rings. The minimum atomic E-state index is -0.264. The van der Waals surface area contributed by atoms with Crippen LogP contribution >= 0.6 is 11.6 Å². The number of carbonyl (C=O) groups is 1. The number of phenolic OH excluding ortho intramolecular Hbond substituents is 1. The third-order valence-electron chi connectivity index (χ3n) is 3.18.